The van der Waals surface area contributed by atoms with Crippen LogP contribution in [-0.4, -0.2) is 12.1 Å². The maximum absolute atomic E-state index is 10.9. The van der Waals surface area contributed by atoms with Crippen LogP contribution in [0.25, 0.3) is 0 Å². The number of cyclic esters (lactones) is 1. The molecule has 0 aliphatic carbocycles. The Labute approximate surface area is 99.8 Å². The maximum atomic E-state index is 10.9. The highest BCUT2D eigenvalue weighted by molar-refractivity contribution is 5.71. The quantitative estimate of drug-likeness (QED) is 0.615. The van der Waals surface area contributed by atoms with Crippen molar-refractivity contribution in [3.63, 3.8) is 0 Å². The van der Waals surface area contributed by atoms with Gasteiger partial charge in [0, 0.05) is 6.42 Å². The molecule has 3 atom stereocenters. The minimum absolute atomic E-state index is 0.00254. The molecule has 1 heterocycles. The number of carbonyl (C=O) groups excluding carboxylic acids is 1. The molecule has 0 N–H and O–H groups in total. The van der Waals surface area contributed by atoms with E-state index >= 15 is 0 Å². The molecule has 1 saturated heterocycles. The van der Waals surface area contributed by atoms with Crippen LogP contribution in [0.3, 0.4) is 0 Å². The molecule has 1 aliphatic rings. The van der Waals surface area contributed by atoms with Gasteiger partial charge in [0.15, 0.2) is 0 Å². The predicted molar refractivity (Wildman–Crippen MR) is 66.2 cm³/mol. The van der Waals surface area contributed by atoms with Gasteiger partial charge in [-0.2, -0.15) is 0 Å². The van der Waals surface area contributed by atoms with Crippen LogP contribution in [-0.2, 0) is 9.53 Å². The molecule has 0 bridgehead atoms. The minimum atomic E-state index is -0.00254. The van der Waals surface area contributed by atoms with E-state index in [0.717, 1.165) is 24.7 Å². The van der Waals surface area contributed by atoms with Crippen molar-refractivity contribution < 1.29 is 9.53 Å². The Morgan fingerprint density at radius 2 is 1.94 bits per heavy atom. The molecule has 0 aromatic rings. The zero-order valence-electron chi connectivity index (χ0n) is 11.0. The van der Waals surface area contributed by atoms with Gasteiger partial charge in [-0.15, -0.1) is 0 Å². The second-order valence-electron chi connectivity index (χ2n) is 5.42. The molecule has 0 radical (unpaired) electrons. The summed E-state index contributed by atoms with van der Waals surface area (Å²) in [6.45, 7) is 6.90. The summed E-state index contributed by atoms with van der Waals surface area (Å²) in [5.74, 6) is 1.62. The molecule has 94 valence electrons. The van der Waals surface area contributed by atoms with Crippen LogP contribution in [0.4, 0.5) is 0 Å². The van der Waals surface area contributed by atoms with Crippen LogP contribution in [0.5, 0.6) is 0 Å². The van der Waals surface area contributed by atoms with Crippen LogP contribution in [0.15, 0.2) is 0 Å². The molecular formula is C14H26O2. The van der Waals surface area contributed by atoms with E-state index in [1.165, 1.54) is 25.7 Å². The van der Waals surface area contributed by atoms with Gasteiger partial charge in [-0.05, 0) is 31.1 Å². The number of esters is 1. The molecule has 1 rings (SSSR count). The Balaban J connectivity index is 2.05. The number of ether oxygens (including phenoxy) is 1. The highest BCUT2D eigenvalue weighted by atomic mass is 16.5. The number of rotatable bonds is 7. The topological polar surface area (TPSA) is 26.3 Å². The fourth-order valence-corrected chi connectivity index (χ4v) is 2.17. The van der Waals surface area contributed by atoms with Crippen molar-refractivity contribution in [2.45, 2.75) is 71.8 Å². The number of hydrogen-bond acceptors (Lipinski definition) is 2. The molecule has 0 unspecified atom stereocenters. The normalized spacial score (nSPS) is 24.2. The van der Waals surface area contributed by atoms with Crippen molar-refractivity contribution in [1.29, 1.82) is 0 Å². The molecule has 16 heavy (non-hydrogen) atoms. The first-order chi connectivity index (χ1) is 7.61. The third kappa shape index (κ3) is 5.00. The van der Waals surface area contributed by atoms with E-state index in [1.54, 1.807) is 0 Å². The van der Waals surface area contributed by atoms with Gasteiger partial charge in [0.25, 0.3) is 0 Å². The van der Waals surface area contributed by atoms with Gasteiger partial charge in [-0.1, -0.05) is 40.0 Å². The van der Waals surface area contributed by atoms with Gasteiger partial charge in [-0.25, -0.2) is 0 Å². The van der Waals surface area contributed by atoms with Gasteiger partial charge in [-0.3, -0.25) is 4.79 Å². The second-order valence-corrected chi connectivity index (χ2v) is 5.42. The van der Waals surface area contributed by atoms with E-state index < -0.39 is 0 Å². The van der Waals surface area contributed by atoms with Crippen LogP contribution >= 0.6 is 0 Å². The fourth-order valence-electron chi connectivity index (χ4n) is 2.17. The minimum Gasteiger partial charge on any atom is -0.462 e. The molecule has 0 amide bonds. The summed E-state index contributed by atoms with van der Waals surface area (Å²) in [4.78, 5) is 10.9. The van der Waals surface area contributed by atoms with E-state index in [2.05, 4.69) is 20.8 Å². The average Bonchev–Trinajstić information content (AvgIpc) is 2.69. The Morgan fingerprint density at radius 1 is 1.25 bits per heavy atom. The third-order valence-corrected chi connectivity index (χ3v) is 3.80. The smallest absolute Gasteiger partial charge is 0.306 e. The summed E-state index contributed by atoms with van der Waals surface area (Å²) in [7, 11) is 0. The molecule has 0 saturated carbocycles. The Kier molecular flexibility index (Phi) is 5.86. The fraction of sp³-hybridized carbons (Fsp3) is 0.929. The molecule has 0 spiro atoms. The number of hydrogen-bond donors (Lipinski definition) is 0. The lowest BCUT2D eigenvalue weighted by molar-refractivity contribution is -0.141. The molecule has 2 heteroatoms. The Hall–Kier alpha value is -0.530. The van der Waals surface area contributed by atoms with Gasteiger partial charge in [0.2, 0.25) is 0 Å². The van der Waals surface area contributed by atoms with Crippen LogP contribution < -0.4 is 0 Å². The number of carbonyl (C=O) groups is 1. The molecule has 0 aromatic heterocycles. The molecular weight excluding hydrogens is 200 g/mol. The highest BCUT2D eigenvalue weighted by Gasteiger charge is 2.23. The van der Waals surface area contributed by atoms with Crippen molar-refractivity contribution in [2.75, 3.05) is 0 Å². The van der Waals surface area contributed by atoms with Gasteiger partial charge in [0.1, 0.15) is 6.10 Å². The summed E-state index contributed by atoms with van der Waals surface area (Å²) in [6.07, 6.45) is 7.99. The van der Waals surface area contributed by atoms with E-state index in [0.29, 0.717) is 6.42 Å². The molecule has 2 nitrogen and oxygen atoms in total. The molecule has 1 aliphatic heterocycles. The van der Waals surface area contributed by atoms with E-state index in [-0.39, 0.29) is 12.1 Å². The lowest BCUT2D eigenvalue weighted by Gasteiger charge is -2.16. The maximum Gasteiger partial charge on any atom is 0.306 e. The van der Waals surface area contributed by atoms with Gasteiger partial charge in [0.05, 0.1) is 0 Å². The highest BCUT2D eigenvalue weighted by Crippen LogP contribution is 2.23. The van der Waals surface area contributed by atoms with Crippen molar-refractivity contribution in [3.05, 3.63) is 0 Å². The lowest BCUT2D eigenvalue weighted by Crippen LogP contribution is -2.09. The van der Waals surface area contributed by atoms with Crippen molar-refractivity contribution in [1.82, 2.24) is 0 Å². The predicted octanol–water partition coefficient (Wildman–Crippen LogP) is 3.93. The molecule has 0 aromatic carbocycles. The first-order valence-corrected chi connectivity index (χ1v) is 6.81. The summed E-state index contributed by atoms with van der Waals surface area (Å²) in [5, 5.41) is 0. The second kappa shape index (κ2) is 6.93. The lowest BCUT2D eigenvalue weighted by atomic mass is 9.92. The zero-order valence-corrected chi connectivity index (χ0v) is 11.0. The standard InChI is InChI=1S/C14H26O2/c1-4-11(2)5-6-12(3)7-8-13-9-10-14(15)16-13/h11-13H,4-10H2,1-3H3/t11-,12+,13-/m0/s1. The van der Waals surface area contributed by atoms with Crippen LogP contribution in [0, 0.1) is 11.8 Å². The van der Waals surface area contributed by atoms with E-state index in [9.17, 15) is 4.79 Å². The van der Waals surface area contributed by atoms with Crippen molar-refractivity contribution in [2.24, 2.45) is 11.8 Å². The zero-order chi connectivity index (χ0) is 12.0. The summed E-state index contributed by atoms with van der Waals surface area (Å²) in [5.41, 5.74) is 0. The SMILES string of the molecule is CC[C@H](C)CC[C@@H](C)CC[C@H]1CCC(=O)O1. The van der Waals surface area contributed by atoms with Crippen molar-refractivity contribution >= 4 is 5.97 Å². The third-order valence-electron chi connectivity index (χ3n) is 3.80. The first kappa shape index (κ1) is 13.5. The monoisotopic (exact) mass is 226 g/mol. The van der Waals surface area contributed by atoms with Gasteiger partial charge < -0.3 is 4.74 Å². The average molecular weight is 226 g/mol. The Morgan fingerprint density at radius 3 is 2.50 bits per heavy atom. The first-order valence-electron chi connectivity index (χ1n) is 6.81. The summed E-state index contributed by atoms with van der Waals surface area (Å²) in [6, 6.07) is 0. The molecule has 1 fully saturated rings. The summed E-state index contributed by atoms with van der Waals surface area (Å²) < 4.78 is 5.22. The summed E-state index contributed by atoms with van der Waals surface area (Å²) >= 11 is 0. The van der Waals surface area contributed by atoms with Crippen molar-refractivity contribution in [3.8, 4) is 0 Å². The Bertz CT molecular complexity index is 213. The van der Waals surface area contributed by atoms with E-state index in [1.807, 2.05) is 0 Å². The van der Waals surface area contributed by atoms with Gasteiger partial charge >= 0.3 is 5.97 Å². The van der Waals surface area contributed by atoms with Crippen LogP contribution in [0.2, 0.25) is 0 Å². The largest absolute Gasteiger partial charge is 0.462 e. The van der Waals surface area contributed by atoms with E-state index in [4.69, 9.17) is 4.74 Å². The van der Waals surface area contributed by atoms with Crippen LogP contribution in [0.1, 0.15) is 65.7 Å².